The van der Waals surface area contributed by atoms with Gasteiger partial charge in [0.2, 0.25) is 15.9 Å². The van der Waals surface area contributed by atoms with E-state index in [9.17, 15) is 18.0 Å². The number of carbonyl (C=O) groups is 2. The van der Waals surface area contributed by atoms with Crippen molar-refractivity contribution >= 4 is 33.6 Å². The van der Waals surface area contributed by atoms with Gasteiger partial charge in [-0.1, -0.05) is 48.9 Å². The van der Waals surface area contributed by atoms with E-state index in [1.165, 1.54) is 0 Å². The molecule has 0 saturated carbocycles. The number of amides is 2. The summed E-state index contributed by atoms with van der Waals surface area (Å²) in [5.74, 6) is 0.879. The fourth-order valence-corrected chi connectivity index (χ4v) is 7.58. The molecule has 0 aliphatic carbocycles. The summed E-state index contributed by atoms with van der Waals surface area (Å²) in [5, 5.41) is 2.77. The Morgan fingerprint density at radius 2 is 1.62 bits per heavy atom. The highest BCUT2D eigenvalue weighted by atomic mass is 32.2. The zero-order chi connectivity index (χ0) is 28.0. The summed E-state index contributed by atoms with van der Waals surface area (Å²) >= 11 is 1.59. The van der Waals surface area contributed by atoms with Crippen LogP contribution in [0.3, 0.4) is 0 Å². The molecule has 0 aromatic heterocycles. The topological polar surface area (TPSA) is 96.0 Å². The molecule has 2 heterocycles. The molecule has 0 spiro atoms. The average Bonchev–Trinajstić information content (AvgIpc) is 3.36. The highest BCUT2D eigenvalue weighted by Crippen LogP contribution is 2.39. The van der Waals surface area contributed by atoms with Gasteiger partial charge in [-0.05, 0) is 60.4 Å². The first-order valence-corrected chi connectivity index (χ1v) is 16.0. The maximum atomic E-state index is 12.8. The quantitative estimate of drug-likeness (QED) is 0.357. The normalized spacial score (nSPS) is 18.1. The van der Waals surface area contributed by atoms with E-state index >= 15 is 0 Å². The van der Waals surface area contributed by atoms with E-state index in [1.54, 1.807) is 52.5 Å². The van der Waals surface area contributed by atoms with E-state index in [1.807, 2.05) is 47.4 Å². The van der Waals surface area contributed by atoms with Crippen LogP contribution >= 0.6 is 11.8 Å². The molecule has 0 radical (unpaired) electrons. The lowest BCUT2D eigenvalue weighted by Crippen LogP contribution is -2.35. The second-order valence-corrected chi connectivity index (χ2v) is 12.8. The van der Waals surface area contributed by atoms with Gasteiger partial charge in [0.1, 0.15) is 17.7 Å². The molecule has 8 nitrogen and oxygen atoms in total. The van der Waals surface area contributed by atoms with Crippen LogP contribution in [0.5, 0.6) is 5.75 Å². The summed E-state index contributed by atoms with van der Waals surface area (Å²) in [6.45, 7) is 2.23. The molecular weight excluding hydrogens is 546 g/mol. The van der Waals surface area contributed by atoms with E-state index in [0.717, 1.165) is 30.4 Å². The van der Waals surface area contributed by atoms with Gasteiger partial charge in [0.15, 0.2) is 0 Å². The number of rotatable bonds is 10. The third kappa shape index (κ3) is 6.68. The summed E-state index contributed by atoms with van der Waals surface area (Å²) in [6, 6.07) is 23.7. The van der Waals surface area contributed by atoms with Gasteiger partial charge in [0.05, 0.1) is 17.2 Å². The van der Waals surface area contributed by atoms with E-state index in [-0.39, 0.29) is 28.7 Å². The number of thioether (sulfide) groups is 1. The molecule has 2 fully saturated rings. The van der Waals surface area contributed by atoms with Crippen LogP contribution in [0.4, 0.5) is 0 Å². The lowest BCUT2D eigenvalue weighted by Gasteiger charge is -2.25. The van der Waals surface area contributed by atoms with Crippen molar-refractivity contribution in [2.45, 2.75) is 36.1 Å². The molecule has 40 heavy (non-hydrogen) atoms. The van der Waals surface area contributed by atoms with Gasteiger partial charge in [-0.15, -0.1) is 11.8 Å². The molecule has 1 atom stereocenters. The molecule has 210 valence electrons. The van der Waals surface area contributed by atoms with Gasteiger partial charge in [-0.3, -0.25) is 9.59 Å². The fraction of sp³-hybridized carbons (Fsp3) is 0.333. The third-order valence-electron chi connectivity index (χ3n) is 7.05. The Hall–Kier alpha value is -3.34. The second kappa shape index (κ2) is 12.9. The maximum Gasteiger partial charge on any atom is 0.251 e. The van der Waals surface area contributed by atoms with Crippen LogP contribution in [-0.2, 0) is 21.4 Å². The zero-order valence-corrected chi connectivity index (χ0v) is 23.8. The number of piperidine rings is 1. The predicted octanol–water partition coefficient (Wildman–Crippen LogP) is 4.44. The van der Waals surface area contributed by atoms with Crippen molar-refractivity contribution in [3.8, 4) is 5.75 Å². The van der Waals surface area contributed by atoms with Crippen molar-refractivity contribution in [3.63, 3.8) is 0 Å². The first-order chi connectivity index (χ1) is 19.4. The largest absolute Gasteiger partial charge is 0.492 e. The number of nitrogens with one attached hydrogen (secondary N) is 1. The summed E-state index contributed by atoms with van der Waals surface area (Å²) in [5.41, 5.74) is 2.59. The summed E-state index contributed by atoms with van der Waals surface area (Å²) in [7, 11) is -3.47. The molecule has 2 aliphatic heterocycles. The smallest absolute Gasteiger partial charge is 0.251 e. The van der Waals surface area contributed by atoms with Gasteiger partial charge < -0.3 is 15.0 Å². The van der Waals surface area contributed by atoms with Crippen LogP contribution in [-0.4, -0.2) is 61.4 Å². The Morgan fingerprint density at radius 3 is 2.33 bits per heavy atom. The van der Waals surface area contributed by atoms with Gasteiger partial charge in [0, 0.05) is 25.2 Å². The van der Waals surface area contributed by atoms with Crippen LogP contribution in [0.15, 0.2) is 83.8 Å². The summed E-state index contributed by atoms with van der Waals surface area (Å²) < 4.78 is 32.8. The first-order valence-electron chi connectivity index (χ1n) is 13.5. The number of hydrogen-bond donors (Lipinski definition) is 1. The van der Waals surface area contributed by atoms with Crippen LogP contribution in [0.2, 0.25) is 0 Å². The van der Waals surface area contributed by atoms with Crippen LogP contribution < -0.4 is 10.1 Å². The zero-order valence-electron chi connectivity index (χ0n) is 22.2. The highest BCUT2D eigenvalue weighted by Gasteiger charge is 2.32. The molecule has 2 amide bonds. The monoisotopic (exact) mass is 579 g/mol. The number of hydrogen-bond acceptors (Lipinski definition) is 6. The summed E-state index contributed by atoms with van der Waals surface area (Å²) in [6.07, 6.45) is 2.85. The van der Waals surface area contributed by atoms with Gasteiger partial charge >= 0.3 is 0 Å². The number of sulfonamides is 1. The van der Waals surface area contributed by atoms with Crippen molar-refractivity contribution in [2.75, 3.05) is 32.0 Å². The predicted molar refractivity (Wildman–Crippen MR) is 156 cm³/mol. The van der Waals surface area contributed by atoms with Gasteiger partial charge in [-0.25, -0.2) is 8.42 Å². The fourth-order valence-electron chi connectivity index (χ4n) is 4.88. The SMILES string of the molecule is O=C(NCCOc1ccc(S(=O)(=O)N2CCCCC2)cc1)c1ccc(C2SCC(=O)N2Cc2ccccc2)cc1. The van der Waals surface area contributed by atoms with Crippen LogP contribution in [0.25, 0.3) is 0 Å². The van der Waals surface area contributed by atoms with E-state index < -0.39 is 10.0 Å². The minimum Gasteiger partial charge on any atom is -0.492 e. The van der Waals surface area contributed by atoms with Crippen LogP contribution in [0, 0.1) is 0 Å². The number of ether oxygens (including phenoxy) is 1. The Bertz CT molecular complexity index is 1410. The molecule has 0 bridgehead atoms. The standard InChI is InChI=1S/C30H33N3O5S2/c34-28-22-39-30(33(28)21-23-7-3-1-4-8-23)25-11-9-24(10-12-25)29(35)31-17-20-38-26-13-15-27(16-14-26)40(36,37)32-18-5-2-6-19-32/h1,3-4,7-16,30H,2,5-6,17-22H2,(H,31,35). The van der Waals surface area contributed by atoms with E-state index in [2.05, 4.69) is 5.32 Å². The minimum absolute atomic E-state index is 0.0838. The van der Waals surface area contributed by atoms with Crippen molar-refractivity contribution in [1.82, 2.24) is 14.5 Å². The lowest BCUT2D eigenvalue weighted by molar-refractivity contribution is -0.128. The van der Waals surface area contributed by atoms with Gasteiger partial charge in [0.25, 0.3) is 5.91 Å². The average molecular weight is 580 g/mol. The molecule has 1 unspecified atom stereocenters. The molecule has 1 N–H and O–H groups in total. The van der Waals surface area contributed by atoms with E-state index in [0.29, 0.717) is 43.2 Å². The van der Waals surface area contributed by atoms with Crippen molar-refractivity contribution in [2.24, 2.45) is 0 Å². The van der Waals surface area contributed by atoms with Crippen molar-refractivity contribution in [3.05, 3.63) is 95.6 Å². The molecule has 3 aromatic carbocycles. The Morgan fingerprint density at radius 1 is 0.925 bits per heavy atom. The Balaban J connectivity index is 1.09. The highest BCUT2D eigenvalue weighted by molar-refractivity contribution is 8.00. The number of benzene rings is 3. The van der Waals surface area contributed by atoms with Crippen LogP contribution in [0.1, 0.15) is 46.1 Å². The molecular formula is C30H33N3O5S2. The number of carbonyl (C=O) groups excluding carboxylic acids is 2. The molecule has 5 rings (SSSR count). The molecule has 10 heteroatoms. The third-order valence-corrected chi connectivity index (χ3v) is 10.2. The molecule has 3 aromatic rings. The molecule has 2 aliphatic rings. The maximum absolute atomic E-state index is 12.8. The minimum atomic E-state index is -3.47. The Labute approximate surface area is 239 Å². The second-order valence-electron chi connectivity index (χ2n) is 9.83. The van der Waals surface area contributed by atoms with Gasteiger partial charge in [-0.2, -0.15) is 4.31 Å². The summed E-state index contributed by atoms with van der Waals surface area (Å²) in [4.78, 5) is 27.3. The molecule has 2 saturated heterocycles. The lowest BCUT2D eigenvalue weighted by atomic mass is 10.1. The van der Waals surface area contributed by atoms with Crippen molar-refractivity contribution < 1.29 is 22.7 Å². The van der Waals surface area contributed by atoms with Crippen molar-refractivity contribution in [1.29, 1.82) is 0 Å². The number of nitrogens with zero attached hydrogens (tertiary/aromatic N) is 2. The first kappa shape index (κ1) is 28.2. The Kier molecular flexibility index (Phi) is 9.08. The van der Waals surface area contributed by atoms with E-state index in [4.69, 9.17) is 4.74 Å².